The molecule has 0 radical (unpaired) electrons. The average molecular weight is 251 g/mol. The standard InChI is InChI=1S/C11H13N3O4/c1-7(15)14(2)6-10(16)13-8-3-4-9(11(17)18)12-5-8/h3-5H,6H2,1-2H3,(H,13,16)(H,17,18). The van der Waals surface area contributed by atoms with Crippen molar-refractivity contribution in [3.8, 4) is 0 Å². The van der Waals surface area contributed by atoms with Gasteiger partial charge in [0.15, 0.2) is 0 Å². The van der Waals surface area contributed by atoms with Crippen LogP contribution in [0.25, 0.3) is 0 Å². The maximum atomic E-state index is 11.5. The fourth-order valence-electron chi connectivity index (χ4n) is 1.12. The second-order valence-corrected chi connectivity index (χ2v) is 3.66. The van der Waals surface area contributed by atoms with Crippen molar-refractivity contribution in [3.63, 3.8) is 0 Å². The first-order valence-corrected chi connectivity index (χ1v) is 5.11. The van der Waals surface area contributed by atoms with Gasteiger partial charge in [-0.05, 0) is 12.1 Å². The van der Waals surface area contributed by atoms with Gasteiger partial charge >= 0.3 is 5.97 Å². The molecule has 18 heavy (non-hydrogen) atoms. The summed E-state index contributed by atoms with van der Waals surface area (Å²) in [5.74, 6) is -1.73. The van der Waals surface area contributed by atoms with E-state index in [0.29, 0.717) is 5.69 Å². The minimum absolute atomic E-state index is 0.0734. The minimum Gasteiger partial charge on any atom is -0.477 e. The highest BCUT2D eigenvalue weighted by Gasteiger charge is 2.10. The normalized spacial score (nSPS) is 9.67. The third kappa shape index (κ3) is 3.85. The van der Waals surface area contributed by atoms with E-state index in [-0.39, 0.29) is 24.1 Å². The third-order valence-corrected chi connectivity index (χ3v) is 2.18. The number of carboxylic acid groups (broad SMARTS) is 1. The second-order valence-electron chi connectivity index (χ2n) is 3.66. The van der Waals surface area contributed by atoms with Crippen LogP contribution in [-0.4, -0.2) is 46.4 Å². The van der Waals surface area contributed by atoms with Crippen LogP contribution >= 0.6 is 0 Å². The number of nitrogens with zero attached hydrogens (tertiary/aromatic N) is 2. The number of likely N-dealkylation sites (N-methyl/N-ethyl adjacent to an activating group) is 1. The molecule has 1 heterocycles. The molecule has 96 valence electrons. The molecule has 1 rings (SSSR count). The summed E-state index contributed by atoms with van der Waals surface area (Å²) in [7, 11) is 1.51. The molecule has 0 aliphatic heterocycles. The topological polar surface area (TPSA) is 99.6 Å². The van der Waals surface area contributed by atoms with E-state index in [2.05, 4.69) is 10.3 Å². The summed E-state index contributed by atoms with van der Waals surface area (Å²) >= 11 is 0. The van der Waals surface area contributed by atoms with Crippen LogP contribution in [0.4, 0.5) is 5.69 Å². The van der Waals surface area contributed by atoms with E-state index < -0.39 is 5.97 Å². The lowest BCUT2D eigenvalue weighted by molar-refractivity contribution is -0.131. The summed E-state index contributed by atoms with van der Waals surface area (Å²) < 4.78 is 0. The monoisotopic (exact) mass is 251 g/mol. The van der Waals surface area contributed by atoms with Gasteiger partial charge in [-0.1, -0.05) is 0 Å². The fraction of sp³-hybridized carbons (Fsp3) is 0.273. The number of hydrogen-bond acceptors (Lipinski definition) is 4. The quantitative estimate of drug-likeness (QED) is 0.796. The summed E-state index contributed by atoms with van der Waals surface area (Å²) in [5.41, 5.74) is 0.274. The van der Waals surface area contributed by atoms with Crippen LogP contribution in [0.5, 0.6) is 0 Å². The van der Waals surface area contributed by atoms with Crippen LogP contribution in [0.3, 0.4) is 0 Å². The van der Waals surface area contributed by atoms with Crippen molar-refractivity contribution < 1.29 is 19.5 Å². The highest BCUT2D eigenvalue weighted by atomic mass is 16.4. The minimum atomic E-state index is -1.14. The van der Waals surface area contributed by atoms with Crippen molar-refractivity contribution in [3.05, 3.63) is 24.0 Å². The molecule has 0 unspecified atom stereocenters. The Morgan fingerprint density at radius 2 is 2.06 bits per heavy atom. The number of rotatable bonds is 4. The Morgan fingerprint density at radius 3 is 2.50 bits per heavy atom. The average Bonchev–Trinajstić information content (AvgIpc) is 2.29. The van der Waals surface area contributed by atoms with Crippen LogP contribution in [0.1, 0.15) is 17.4 Å². The van der Waals surface area contributed by atoms with Crippen molar-refractivity contribution in [2.75, 3.05) is 18.9 Å². The number of carboxylic acids is 1. The zero-order valence-corrected chi connectivity index (χ0v) is 10.0. The van der Waals surface area contributed by atoms with E-state index >= 15 is 0 Å². The highest BCUT2D eigenvalue weighted by Crippen LogP contribution is 2.06. The van der Waals surface area contributed by atoms with Gasteiger partial charge in [-0.3, -0.25) is 9.59 Å². The summed E-state index contributed by atoms with van der Waals surface area (Å²) in [6, 6.07) is 2.72. The van der Waals surface area contributed by atoms with E-state index in [1.54, 1.807) is 0 Å². The summed E-state index contributed by atoms with van der Waals surface area (Å²) in [6.45, 7) is 1.28. The Bertz CT molecular complexity index is 470. The molecule has 1 aromatic heterocycles. The van der Waals surface area contributed by atoms with Gasteiger partial charge in [-0.25, -0.2) is 9.78 Å². The lowest BCUT2D eigenvalue weighted by Crippen LogP contribution is -2.33. The molecule has 0 aliphatic rings. The zero-order chi connectivity index (χ0) is 13.7. The molecule has 0 bridgehead atoms. The van der Waals surface area contributed by atoms with Crippen molar-refractivity contribution >= 4 is 23.5 Å². The third-order valence-electron chi connectivity index (χ3n) is 2.18. The van der Waals surface area contributed by atoms with E-state index in [1.165, 1.54) is 37.2 Å². The fourth-order valence-corrected chi connectivity index (χ4v) is 1.12. The van der Waals surface area contributed by atoms with Crippen LogP contribution in [-0.2, 0) is 9.59 Å². The van der Waals surface area contributed by atoms with Crippen LogP contribution in [0.2, 0.25) is 0 Å². The number of anilines is 1. The largest absolute Gasteiger partial charge is 0.477 e. The van der Waals surface area contributed by atoms with E-state index in [4.69, 9.17) is 5.11 Å². The number of aromatic nitrogens is 1. The number of carbonyl (C=O) groups excluding carboxylic acids is 2. The van der Waals surface area contributed by atoms with Crippen LogP contribution in [0.15, 0.2) is 18.3 Å². The van der Waals surface area contributed by atoms with Crippen LogP contribution in [0, 0.1) is 0 Å². The van der Waals surface area contributed by atoms with Crippen molar-refractivity contribution in [2.45, 2.75) is 6.92 Å². The molecule has 2 amide bonds. The van der Waals surface area contributed by atoms with Gasteiger partial charge in [0.2, 0.25) is 11.8 Å². The van der Waals surface area contributed by atoms with E-state index in [0.717, 1.165) is 0 Å². The number of carbonyl (C=O) groups is 3. The highest BCUT2D eigenvalue weighted by molar-refractivity contribution is 5.94. The molecule has 0 aromatic carbocycles. The molecule has 7 nitrogen and oxygen atoms in total. The van der Waals surface area contributed by atoms with Crippen molar-refractivity contribution in [2.24, 2.45) is 0 Å². The summed E-state index contributed by atoms with van der Waals surface area (Å²) in [6.07, 6.45) is 1.25. The molecule has 0 atom stereocenters. The number of amides is 2. The SMILES string of the molecule is CC(=O)N(C)CC(=O)Nc1ccc(C(=O)O)nc1. The van der Waals surface area contributed by atoms with Gasteiger partial charge in [0.25, 0.3) is 0 Å². The molecule has 0 aliphatic carbocycles. The van der Waals surface area contributed by atoms with Gasteiger partial charge < -0.3 is 15.3 Å². The van der Waals surface area contributed by atoms with Gasteiger partial charge in [0, 0.05) is 14.0 Å². The molecular formula is C11H13N3O4. The Labute approximate surface area is 103 Å². The summed E-state index contributed by atoms with van der Waals surface area (Å²) in [5, 5.41) is 11.1. The Morgan fingerprint density at radius 1 is 1.39 bits per heavy atom. The Hall–Kier alpha value is -2.44. The Balaban J connectivity index is 2.60. The van der Waals surface area contributed by atoms with Gasteiger partial charge in [-0.2, -0.15) is 0 Å². The van der Waals surface area contributed by atoms with Crippen LogP contribution < -0.4 is 5.32 Å². The maximum absolute atomic E-state index is 11.5. The second kappa shape index (κ2) is 5.76. The first kappa shape index (κ1) is 13.6. The molecular weight excluding hydrogens is 238 g/mol. The van der Waals surface area contributed by atoms with Gasteiger partial charge in [0.05, 0.1) is 18.4 Å². The lowest BCUT2D eigenvalue weighted by Gasteiger charge is -2.14. The van der Waals surface area contributed by atoms with Crippen molar-refractivity contribution in [1.82, 2.24) is 9.88 Å². The number of pyridine rings is 1. The summed E-state index contributed by atoms with van der Waals surface area (Å²) in [4.78, 5) is 37.9. The lowest BCUT2D eigenvalue weighted by atomic mass is 10.3. The predicted molar refractivity (Wildman–Crippen MR) is 63.1 cm³/mol. The van der Waals surface area contributed by atoms with Crippen molar-refractivity contribution in [1.29, 1.82) is 0 Å². The van der Waals surface area contributed by atoms with Gasteiger partial charge in [0.1, 0.15) is 5.69 Å². The first-order chi connectivity index (χ1) is 8.40. The molecule has 2 N–H and O–H groups in total. The van der Waals surface area contributed by atoms with Gasteiger partial charge in [-0.15, -0.1) is 0 Å². The molecule has 0 fully saturated rings. The number of aromatic carboxylic acids is 1. The predicted octanol–water partition coefficient (Wildman–Crippen LogP) is 0.197. The Kier molecular flexibility index (Phi) is 4.36. The molecule has 1 aromatic rings. The molecule has 0 spiro atoms. The zero-order valence-electron chi connectivity index (χ0n) is 10.0. The van der Waals surface area contributed by atoms with E-state index in [9.17, 15) is 14.4 Å². The maximum Gasteiger partial charge on any atom is 0.354 e. The molecule has 7 heteroatoms. The molecule has 0 saturated carbocycles. The molecule has 0 saturated heterocycles. The smallest absolute Gasteiger partial charge is 0.354 e. The van der Waals surface area contributed by atoms with E-state index in [1.807, 2.05) is 0 Å². The number of nitrogens with one attached hydrogen (secondary N) is 1. The first-order valence-electron chi connectivity index (χ1n) is 5.11. The number of hydrogen-bond donors (Lipinski definition) is 2.